The molecule has 2 N–H and O–H groups in total. The number of nitrogens with zero attached hydrogens (tertiary/aromatic N) is 3. The van der Waals surface area contributed by atoms with Crippen molar-refractivity contribution in [3.8, 4) is 11.8 Å². The number of hydrogen-bond donors (Lipinski definition) is 1. The van der Waals surface area contributed by atoms with Gasteiger partial charge in [-0.15, -0.1) is 0 Å². The number of nitrogen functional groups attached to an aromatic ring is 1. The van der Waals surface area contributed by atoms with Gasteiger partial charge in [-0.05, 0) is 42.5 Å². The van der Waals surface area contributed by atoms with Gasteiger partial charge in [-0.1, -0.05) is 11.6 Å². The molecule has 0 unspecified atom stereocenters. The lowest BCUT2D eigenvalue weighted by Crippen LogP contribution is -2.00. The fraction of sp³-hybridized carbons (Fsp3) is 0. The van der Waals surface area contributed by atoms with E-state index in [0.29, 0.717) is 16.5 Å². The Kier molecular flexibility index (Phi) is 2.62. The van der Waals surface area contributed by atoms with Crippen LogP contribution in [0.4, 0.5) is 5.95 Å². The van der Waals surface area contributed by atoms with E-state index in [2.05, 4.69) is 11.1 Å². The molecule has 0 aliphatic carbocycles. The number of hydrogen-bond acceptors (Lipinski definition) is 3. The van der Waals surface area contributed by atoms with Gasteiger partial charge in [0.2, 0.25) is 5.95 Å². The van der Waals surface area contributed by atoms with Gasteiger partial charge >= 0.3 is 0 Å². The van der Waals surface area contributed by atoms with Crippen LogP contribution in [0.3, 0.4) is 0 Å². The minimum absolute atomic E-state index is 0.391. The average Bonchev–Trinajstić information content (AvgIpc) is 2.74. The van der Waals surface area contributed by atoms with Crippen LogP contribution in [0.15, 0.2) is 42.5 Å². The van der Waals surface area contributed by atoms with Crippen LogP contribution in [0, 0.1) is 11.3 Å². The summed E-state index contributed by atoms with van der Waals surface area (Å²) in [5.41, 5.74) is 9.04. The number of aromatic nitrogens is 2. The monoisotopic (exact) mass is 268 g/mol. The average molecular weight is 269 g/mol. The van der Waals surface area contributed by atoms with Gasteiger partial charge < -0.3 is 5.73 Å². The summed E-state index contributed by atoms with van der Waals surface area (Å²) in [5.74, 6) is 0.391. The summed E-state index contributed by atoms with van der Waals surface area (Å²) in [4.78, 5) is 4.28. The van der Waals surface area contributed by atoms with Crippen molar-refractivity contribution < 1.29 is 0 Å². The number of fused-ring (bicyclic) bond motifs is 1. The summed E-state index contributed by atoms with van der Waals surface area (Å²) in [6, 6.07) is 14.7. The number of rotatable bonds is 1. The molecule has 0 bridgehead atoms. The summed E-state index contributed by atoms with van der Waals surface area (Å²) in [6.45, 7) is 0. The molecule has 19 heavy (non-hydrogen) atoms. The van der Waals surface area contributed by atoms with E-state index >= 15 is 0 Å². The summed E-state index contributed by atoms with van der Waals surface area (Å²) in [6.07, 6.45) is 0. The maximum absolute atomic E-state index is 8.81. The molecule has 0 saturated carbocycles. The van der Waals surface area contributed by atoms with E-state index in [1.807, 2.05) is 22.8 Å². The minimum atomic E-state index is 0.391. The van der Waals surface area contributed by atoms with E-state index in [9.17, 15) is 0 Å². The number of halogens is 1. The Morgan fingerprint density at radius 2 is 1.89 bits per heavy atom. The molecule has 92 valence electrons. The van der Waals surface area contributed by atoms with Crippen LogP contribution in [-0.2, 0) is 0 Å². The highest BCUT2D eigenvalue weighted by Gasteiger charge is 2.10. The van der Waals surface area contributed by atoms with Crippen molar-refractivity contribution in [3.05, 3.63) is 53.1 Å². The van der Waals surface area contributed by atoms with E-state index in [1.54, 1.807) is 24.3 Å². The molecule has 3 aromatic rings. The third kappa shape index (κ3) is 1.90. The molecule has 0 radical (unpaired) electrons. The summed E-state index contributed by atoms with van der Waals surface area (Å²) < 4.78 is 1.83. The molecule has 0 spiro atoms. The predicted molar refractivity (Wildman–Crippen MR) is 75.2 cm³/mol. The fourth-order valence-electron chi connectivity index (χ4n) is 2.03. The van der Waals surface area contributed by atoms with Gasteiger partial charge in [0.1, 0.15) is 0 Å². The van der Waals surface area contributed by atoms with Crippen LogP contribution >= 0.6 is 11.6 Å². The highest BCUT2D eigenvalue weighted by atomic mass is 35.5. The Morgan fingerprint density at radius 3 is 2.58 bits per heavy atom. The maximum atomic E-state index is 8.81. The highest BCUT2D eigenvalue weighted by molar-refractivity contribution is 6.31. The smallest absolute Gasteiger partial charge is 0.205 e. The molecule has 0 amide bonds. The molecule has 0 atom stereocenters. The van der Waals surface area contributed by atoms with Crippen LogP contribution in [0.1, 0.15) is 5.56 Å². The third-order valence-corrected chi connectivity index (χ3v) is 3.13. The van der Waals surface area contributed by atoms with E-state index in [0.717, 1.165) is 16.7 Å². The Balaban J connectivity index is 2.24. The van der Waals surface area contributed by atoms with Crippen molar-refractivity contribution in [2.75, 3.05) is 5.73 Å². The minimum Gasteiger partial charge on any atom is -0.369 e. The van der Waals surface area contributed by atoms with Gasteiger partial charge in [0.25, 0.3) is 0 Å². The Labute approximate surface area is 114 Å². The third-order valence-electron chi connectivity index (χ3n) is 2.90. The summed E-state index contributed by atoms with van der Waals surface area (Å²) in [7, 11) is 0. The molecule has 1 aromatic heterocycles. The summed E-state index contributed by atoms with van der Waals surface area (Å²) >= 11 is 5.94. The van der Waals surface area contributed by atoms with Gasteiger partial charge in [0.05, 0.1) is 22.7 Å². The van der Waals surface area contributed by atoms with Crippen molar-refractivity contribution in [1.82, 2.24) is 9.55 Å². The maximum Gasteiger partial charge on any atom is 0.205 e. The quantitative estimate of drug-likeness (QED) is 0.737. The van der Waals surface area contributed by atoms with Crippen molar-refractivity contribution in [2.45, 2.75) is 0 Å². The second-order valence-electron chi connectivity index (χ2n) is 4.10. The molecule has 3 rings (SSSR count). The van der Waals surface area contributed by atoms with Gasteiger partial charge in [-0.25, -0.2) is 4.98 Å². The predicted octanol–water partition coefficient (Wildman–Crippen LogP) is 3.13. The van der Waals surface area contributed by atoms with Gasteiger partial charge in [0, 0.05) is 10.7 Å². The van der Waals surface area contributed by atoms with Gasteiger partial charge in [-0.2, -0.15) is 5.26 Å². The van der Waals surface area contributed by atoms with Crippen LogP contribution in [0.25, 0.3) is 16.7 Å². The van der Waals surface area contributed by atoms with Crippen LogP contribution < -0.4 is 5.73 Å². The van der Waals surface area contributed by atoms with Gasteiger partial charge in [-0.3, -0.25) is 4.57 Å². The highest BCUT2D eigenvalue weighted by Crippen LogP contribution is 2.25. The lowest BCUT2D eigenvalue weighted by Gasteiger charge is -2.06. The standard InChI is InChI=1S/C14H9ClN4/c15-10-3-6-13-12(7-10)18-14(17)19(13)11-4-1-9(8-16)2-5-11/h1-7H,(H2,17,18). The Hall–Kier alpha value is -2.51. The molecule has 5 heteroatoms. The normalized spacial score (nSPS) is 10.5. The summed E-state index contributed by atoms with van der Waals surface area (Å²) in [5, 5.41) is 9.43. The molecule has 0 fully saturated rings. The Bertz CT molecular complexity index is 797. The van der Waals surface area contributed by atoms with Crippen molar-refractivity contribution >= 4 is 28.6 Å². The van der Waals surface area contributed by atoms with Crippen LogP contribution in [-0.4, -0.2) is 9.55 Å². The van der Waals surface area contributed by atoms with Crippen LogP contribution in [0.2, 0.25) is 5.02 Å². The zero-order valence-electron chi connectivity index (χ0n) is 9.84. The van der Waals surface area contributed by atoms with Crippen molar-refractivity contribution in [1.29, 1.82) is 5.26 Å². The first-order chi connectivity index (χ1) is 9.19. The van der Waals surface area contributed by atoms with E-state index < -0.39 is 0 Å². The zero-order valence-corrected chi connectivity index (χ0v) is 10.6. The lowest BCUT2D eigenvalue weighted by atomic mass is 10.2. The van der Waals surface area contributed by atoms with E-state index in [-0.39, 0.29) is 0 Å². The topological polar surface area (TPSA) is 67.6 Å². The number of nitrogens with two attached hydrogens (primary N) is 1. The number of benzene rings is 2. The molecule has 2 aromatic carbocycles. The lowest BCUT2D eigenvalue weighted by molar-refractivity contribution is 1.11. The van der Waals surface area contributed by atoms with Crippen LogP contribution in [0.5, 0.6) is 0 Å². The second kappa shape index (κ2) is 4.30. The van der Waals surface area contributed by atoms with E-state index in [4.69, 9.17) is 22.6 Å². The number of imidazole rings is 1. The van der Waals surface area contributed by atoms with E-state index in [1.165, 1.54) is 0 Å². The van der Waals surface area contributed by atoms with Crippen molar-refractivity contribution in [3.63, 3.8) is 0 Å². The largest absolute Gasteiger partial charge is 0.369 e. The first kappa shape index (κ1) is 11.6. The molecule has 1 heterocycles. The second-order valence-corrected chi connectivity index (χ2v) is 4.53. The molecular formula is C14H9ClN4. The molecule has 0 aliphatic rings. The first-order valence-electron chi connectivity index (χ1n) is 5.63. The molecule has 0 aliphatic heterocycles. The SMILES string of the molecule is N#Cc1ccc(-n2c(N)nc3cc(Cl)ccc32)cc1. The number of nitriles is 1. The first-order valence-corrected chi connectivity index (χ1v) is 6.01. The number of anilines is 1. The van der Waals surface area contributed by atoms with Gasteiger partial charge in [0.15, 0.2) is 0 Å². The zero-order chi connectivity index (χ0) is 13.4. The van der Waals surface area contributed by atoms with Crippen molar-refractivity contribution in [2.24, 2.45) is 0 Å². The Morgan fingerprint density at radius 1 is 1.16 bits per heavy atom. The molecule has 0 saturated heterocycles. The molecule has 4 nitrogen and oxygen atoms in total. The fourth-order valence-corrected chi connectivity index (χ4v) is 2.19. The molecular weight excluding hydrogens is 260 g/mol.